The summed E-state index contributed by atoms with van der Waals surface area (Å²) in [6.45, 7) is 0.696. The van der Waals surface area contributed by atoms with Gasteiger partial charge in [-0.25, -0.2) is 4.98 Å². The number of carbonyl (C=O) groups excluding carboxylic acids is 1. The van der Waals surface area contributed by atoms with Crippen molar-refractivity contribution in [3.63, 3.8) is 0 Å². The second-order valence-electron chi connectivity index (χ2n) is 6.72. The molecule has 1 amide bonds. The number of thioether (sulfide) groups is 2. The molecular weight excluding hydrogens is 455 g/mol. The van der Waals surface area contributed by atoms with Crippen LogP contribution in [0.2, 0.25) is 0 Å². The first-order valence-corrected chi connectivity index (χ1v) is 13.0. The van der Waals surface area contributed by atoms with Crippen LogP contribution in [0.5, 0.6) is 0 Å². The van der Waals surface area contributed by atoms with Crippen molar-refractivity contribution in [2.24, 2.45) is 7.05 Å². The van der Waals surface area contributed by atoms with Crippen LogP contribution < -0.4 is 10.5 Å². The summed E-state index contributed by atoms with van der Waals surface area (Å²) in [4.78, 5) is 35.5. The topological polar surface area (TPSA) is 55.2 Å². The van der Waals surface area contributed by atoms with Gasteiger partial charge in [0, 0.05) is 40.1 Å². The summed E-state index contributed by atoms with van der Waals surface area (Å²) in [5.41, 5.74) is 1.84. The third-order valence-corrected chi connectivity index (χ3v) is 8.75. The minimum atomic E-state index is -0.0701. The van der Waals surface area contributed by atoms with Crippen molar-refractivity contribution in [2.45, 2.75) is 10.1 Å². The fourth-order valence-corrected chi connectivity index (χ4v) is 7.07. The molecule has 0 fully saturated rings. The van der Waals surface area contributed by atoms with Crippen LogP contribution >= 0.6 is 46.2 Å². The van der Waals surface area contributed by atoms with Crippen LogP contribution in [0.25, 0.3) is 20.7 Å². The molecule has 0 N–H and O–H groups in total. The van der Waals surface area contributed by atoms with E-state index in [1.807, 2.05) is 52.1 Å². The zero-order chi connectivity index (χ0) is 20.7. The minimum Gasteiger partial charge on any atom is -0.310 e. The monoisotopic (exact) mass is 471 g/mol. The Morgan fingerprint density at radius 2 is 2.07 bits per heavy atom. The maximum Gasteiger partial charge on any atom is 0.263 e. The lowest BCUT2D eigenvalue weighted by atomic mass is 10.2. The van der Waals surface area contributed by atoms with Crippen LogP contribution in [-0.2, 0) is 11.8 Å². The number of anilines is 1. The Kier molecular flexibility index (Phi) is 5.44. The van der Waals surface area contributed by atoms with E-state index in [2.05, 4.69) is 0 Å². The van der Waals surface area contributed by atoms with E-state index < -0.39 is 0 Å². The average Bonchev–Trinajstić information content (AvgIpc) is 3.44. The van der Waals surface area contributed by atoms with Crippen molar-refractivity contribution in [2.75, 3.05) is 23.0 Å². The number of amides is 1. The zero-order valence-corrected chi connectivity index (χ0v) is 19.3. The number of aromatic nitrogens is 2. The molecule has 0 spiro atoms. The van der Waals surface area contributed by atoms with Gasteiger partial charge < -0.3 is 4.90 Å². The van der Waals surface area contributed by atoms with E-state index in [-0.39, 0.29) is 17.2 Å². The lowest BCUT2D eigenvalue weighted by Gasteiger charge is -2.28. The van der Waals surface area contributed by atoms with Crippen LogP contribution in [0, 0.1) is 0 Å². The number of fused-ring (bicyclic) bond motifs is 2. The molecule has 3 aromatic heterocycles. The van der Waals surface area contributed by atoms with Crippen LogP contribution in [0.15, 0.2) is 62.0 Å². The van der Waals surface area contributed by atoms with Crippen molar-refractivity contribution in [3.05, 3.63) is 57.5 Å². The molecule has 1 aliphatic rings. The highest BCUT2D eigenvalue weighted by molar-refractivity contribution is 8.00. The second-order valence-corrected chi connectivity index (χ2v) is 10.6. The van der Waals surface area contributed by atoms with Gasteiger partial charge in [-0.1, -0.05) is 30.0 Å². The van der Waals surface area contributed by atoms with E-state index >= 15 is 0 Å². The highest BCUT2D eigenvalue weighted by Crippen LogP contribution is 2.36. The maximum atomic E-state index is 13.1. The Balaban J connectivity index is 1.41. The summed E-state index contributed by atoms with van der Waals surface area (Å²) in [6, 6.07) is 12.0. The molecule has 0 saturated heterocycles. The fraction of sp³-hybridized carbons (Fsp3) is 0.190. The first-order chi connectivity index (χ1) is 14.6. The molecule has 4 heterocycles. The Labute approximate surface area is 189 Å². The molecule has 5 rings (SSSR count). The van der Waals surface area contributed by atoms with Crippen LogP contribution in [-0.4, -0.2) is 33.5 Å². The molecule has 0 unspecified atom stereocenters. The molecule has 4 aromatic rings. The number of hydrogen-bond donors (Lipinski definition) is 0. The smallest absolute Gasteiger partial charge is 0.263 e. The SMILES string of the molecule is Cn1c(SCC(=O)N2CCSc3ccccc32)nc2scc(-c3cccs3)c2c1=O. The standard InChI is InChI=1S/C21H17N3O2S4/c1-23-20(26)18-13(15-7-4-9-27-15)11-29-19(18)22-21(23)30-12-17(25)24-8-10-28-16-6-3-2-5-14(16)24/h2-7,9,11H,8,10,12H2,1H3. The molecule has 1 aromatic carbocycles. The van der Waals surface area contributed by atoms with Gasteiger partial charge in [0.15, 0.2) is 5.16 Å². The highest BCUT2D eigenvalue weighted by atomic mass is 32.2. The molecule has 9 heteroatoms. The number of carbonyl (C=O) groups is 1. The lowest BCUT2D eigenvalue weighted by molar-refractivity contribution is -0.116. The number of benzene rings is 1. The minimum absolute atomic E-state index is 0.0348. The molecule has 1 aliphatic heterocycles. The molecule has 0 bridgehead atoms. The van der Waals surface area contributed by atoms with Crippen LogP contribution in [0.1, 0.15) is 0 Å². The predicted molar refractivity (Wildman–Crippen MR) is 128 cm³/mol. The van der Waals surface area contributed by atoms with Crippen molar-refractivity contribution in [3.8, 4) is 10.4 Å². The Bertz CT molecular complexity index is 1290. The summed E-state index contributed by atoms with van der Waals surface area (Å²) < 4.78 is 1.56. The Morgan fingerprint density at radius 1 is 1.20 bits per heavy atom. The average molecular weight is 472 g/mol. The van der Waals surface area contributed by atoms with Gasteiger partial charge in [-0.15, -0.1) is 34.4 Å². The first-order valence-electron chi connectivity index (χ1n) is 9.30. The summed E-state index contributed by atoms with van der Waals surface area (Å²) >= 11 is 6.18. The summed E-state index contributed by atoms with van der Waals surface area (Å²) in [5.74, 6) is 1.16. The van der Waals surface area contributed by atoms with Gasteiger partial charge in [0.2, 0.25) is 5.91 Å². The van der Waals surface area contributed by atoms with Crippen LogP contribution in [0.4, 0.5) is 5.69 Å². The number of hydrogen-bond acceptors (Lipinski definition) is 7. The van der Waals surface area contributed by atoms with E-state index in [0.29, 0.717) is 17.1 Å². The van der Waals surface area contributed by atoms with Crippen molar-refractivity contribution in [1.29, 1.82) is 0 Å². The van der Waals surface area contributed by atoms with E-state index in [9.17, 15) is 9.59 Å². The molecule has 0 radical (unpaired) electrons. The molecule has 30 heavy (non-hydrogen) atoms. The molecule has 152 valence electrons. The fourth-order valence-electron chi connectivity index (χ4n) is 3.43. The highest BCUT2D eigenvalue weighted by Gasteiger charge is 2.23. The van der Waals surface area contributed by atoms with Gasteiger partial charge in [0.1, 0.15) is 4.83 Å². The Morgan fingerprint density at radius 3 is 2.90 bits per heavy atom. The van der Waals surface area contributed by atoms with Crippen molar-refractivity contribution in [1.82, 2.24) is 9.55 Å². The third-order valence-electron chi connectivity index (χ3n) is 4.92. The van der Waals surface area contributed by atoms with Crippen molar-refractivity contribution >= 4 is 68.0 Å². The second kappa shape index (κ2) is 8.22. The third kappa shape index (κ3) is 3.49. The number of rotatable bonds is 4. The normalized spacial score (nSPS) is 13.6. The molecule has 0 saturated carbocycles. The van der Waals surface area contributed by atoms with E-state index in [4.69, 9.17) is 4.98 Å². The first kappa shape index (κ1) is 19.9. The van der Waals surface area contributed by atoms with Gasteiger partial charge in [-0.3, -0.25) is 14.2 Å². The maximum absolute atomic E-state index is 13.1. The number of para-hydroxylation sites is 1. The molecule has 0 atom stereocenters. The van der Waals surface area contributed by atoms with E-state index in [1.165, 1.54) is 23.1 Å². The van der Waals surface area contributed by atoms with Gasteiger partial charge in [0.25, 0.3) is 5.56 Å². The number of nitrogens with zero attached hydrogens (tertiary/aromatic N) is 3. The van der Waals surface area contributed by atoms with Gasteiger partial charge >= 0.3 is 0 Å². The van der Waals surface area contributed by atoms with Gasteiger partial charge in [0.05, 0.1) is 16.8 Å². The van der Waals surface area contributed by atoms with Crippen molar-refractivity contribution < 1.29 is 4.79 Å². The summed E-state index contributed by atoms with van der Waals surface area (Å²) in [6.07, 6.45) is 0. The summed E-state index contributed by atoms with van der Waals surface area (Å²) in [5, 5.41) is 5.22. The summed E-state index contributed by atoms with van der Waals surface area (Å²) in [7, 11) is 1.73. The molecular formula is C21H17N3O2S4. The van der Waals surface area contributed by atoms with Crippen LogP contribution in [0.3, 0.4) is 0 Å². The van der Waals surface area contributed by atoms with E-state index in [0.717, 1.165) is 31.6 Å². The molecule has 0 aliphatic carbocycles. The molecule has 5 nitrogen and oxygen atoms in total. The lowest BCUT2D eigenvalue weighted by Crippen LogP contribution is -2.36. The van der Waals surface area contributed by atoms with Gasteiger partial charge in [-0.05, 0) is 23.6 Å². The van der Waals surface area contributed by atoms with Gasteiger partial charge in [-0.2, -0.15) is 0 Å². The number of thiophene rings is 2. The quantitative estimate of drug-likeness (QED) is 0.311. The zero-order valence-electron chi connectivity index (χ0n) is 16.0. The predicted octanol–water partition coefficient (Wildman–Crippen LogP) is 4.95. The largest absolute Gasteiger partial charge is 0.310 e. The van der Waals surface area contributed by atoms with E-state index in [1.54, 1.807) is 34.7 Å². The Hall–Kier alpha value is -2.07.